The largest absolute Gasteiger partial charge is 0.493 e. The molecule has 0 radical (unpaired) electrons. The third kappa shape index (κ3) is 16.6. The Morgan fingerprint density at radius 3 is 1.41 bits per heavy atom. The molecule has 3 fully saturated rings. The number of pyridine rings is 3. The first kappa shape index (κ1) is 41.3. The molecule has 0 atom stereocenters. The Kier molecular flexibility index (Phi) is 17.2. The number of terminal acetylenes is 2. The van der Waals surface area contributed by atoms with E-state index in [0.29, 0.717) is 5.75 Å². The molecule has 0 spiro atoms. The van der Waals surface area contributed by atoms with Crippen molar-refractivity contribution < 1.29 is 14.2 Å². The summed E-state index contributed by atoms with van der Waals surface area (Å²) in [7, 11) is 3.85. The van der Waals surface area contributed by atoms with Gasteiger partial charge in [-0.05, 0) is 91.9 Å². The third-order valence-electron chi connectivity index (χ3n) is 7.82. The highest BCUT2D eigenvalue weighted by molar-refractivity contribution is 14.1. The van der Waals surface area contributed by atoms with Gasteiger partial charge in [-0.1, -0.05) is 31.5 Å². The van der Waals surface area contributed by atoms with Crippen LogP contribution in [0.15, 0.2) is 36.8 Å². The quantitative estimate of drug-likeness (QED) is 0.0949. The van der Waals surface area contributed by atoms with Crippen molar-refractivity contribution in [1.82, 2.24) is 15.0 Å². The number of nitrogens with zero attached hydrogens (tertiary/aromatic N) is 3. The molecule has 0 amide bonds. The van der Waals surface area contributed by atoms with Crippen molar-refractivity contribution in [2.45, 2.75) is 65.1 Å². The molecule has 3 aliphatic carbocycles. The number of methoxy groups -OCH3 is 3. The van der Waals surface area contributed by atoms with Gasteiger partial charge in [-0.3, -0.25) is 0 Å². The van der Waals surface area contributed by atoms with Gasteiger partial charge in [-0.25, -0.2) is 15.0 Å². The first-order valence-electron chi connectivity index (χ1n) is 17.4. The zero-order valence-corrected chi connectivity index (χ0v) is 34.3. The molecule has 3 heterocycles. The maximum Gasteiger partial charge on any atom is 0.168 e. The lowest BCUT2D eigenvalue weighted by Crippen LogP contribution is -2.15. The number of hydrogen-bond acceptors (Lipinski definition) is 9. The smallest absolute Gasteiger partial charge is 0.168 e. The molecule has 3 aromatic heterocycles. The van der Waals surface area contributed by atoms with E-state index in [0.717, 1.165) is 81.0 Å². The van der Waals surface area contributed by atoms with Gasteiger partial charge in [0.2, 0.25) is 0 Å². The molecule has 9 nitrogen and oxygen atoms in total. The van der Waals surface area contributed by atoms with Crippen molar-refractivity contribution in [2.75, 3.05) is 56.9 Å². The van der Waals surface area contributed by atoms with Crippen LogP contribution < -0.4 is 30.2 Å². The number of nitrogens with one attached hydrogen (secondary N) is 3. The summed E-state index contributed by atoms with van der Waals surface area (Å²) < 4.78 is 16.9. The van der Waals surface area contributed by atoms with Gasteiger partial charge in [-0.2, -0.15) is 0 Å². The van der Waals surface area contributed by atoms with Crippen LogP contribution in [0.2, 0.25) is 19.6 Å². The van der Waals surface area contributed by atoms with Crippen molar-refractivity contribution in [3.8, 4) is 53.4 Å². The maximum atomic E-state index is 5.29. The molecule has 3 saturated carbocycles. The van der Waals surface area contributed by atoms with Gasteiger partial charge in [0.05, 0.1) is 21.3 Å². The molecule has 6 rings (SSSR count). The maximum absolute atomic E-state index is 5.29. The number of rotatable bonds is 12. The van der Waals surface area contributed by atoms with Gasteiger partial charge >= 0.3 is 0 Å². The van der Waals surface area contributed by atoms with Crippen molar-refractivity contribution in [3.63, 3.8) is 0 Å². The van der Waals surface area contributed by atoms with E-state index >= 15 is 0 Å². The third-order valence-corrected chi connectivity index (χ3v) is 9.27. The molecule has 3 aliphatic rings. The van der Waals surface area contributed by atoms with E-state index in [1.807, 2.05) is 31.3 Å². The Hall–Kier alpha value is -4.12. The van der Waals surface area contributed by atoms with Crippen LogP contribution in [-0.2, 0) is 0 Å². The predicted molar refractivity (Wildman–Crippen MR) is 221 cm³/mol. The average molecular weight is 821 g/mol. The highest BCUT2D eigenvalue weighted by atomic mass is 127. The minimum Gasteiger partial charge on any atom is -0.493 e. The highest BCUT2D eigenvalue weighted by Crippen LogP contribution is 2.32. The van der Waals surface area contributed by atoms with Crippen LogP contribution >= 0.6 is 22.6 Å². The number of hydrogen-bond donors (Lipinski definition) is 3. The van der Waals surface area contributed by atoms with Gasteiger partial charge in [0.25, 0.3) is 0 Å². The van der Waals surface area contributed by atoms with Crippen LogP contribution in [0, 0.1) is 57.5 Å². The van der Waals surface area contributed by atoms with Crippen LogP contribution in [0.3, 0.4) is 0 Å². The van der Waals surface area contributed by atoms with E-state index in [9.17, 15) is 0 Å². The fourth-order valence-corrected chi connectivity index (χ4v) is 4.58. The van der Waals surface area contributed by atoms with Crippen LogP contribution in [0.25, 0.3) is 0 Å². The lowest BCUT2D eigenvalue weighted by atomic mass is 10.2. The molecule has 51 heavy (non-hydrogen) atoms. The molecule has 0 aromatic carbocycles. The van der Waals surface area contributed by atoms with E-state index in [1.165, 1.54) is 38.5 Å². The lowest BCUT2D eigenvalue weighted by Gasteiger charge is -2.09. The Morgan fingerprint density at radius 1 is 0.686 bits per heavy atom. The highest BCUT2D eigenvalue weighted by Gasteiger charge is 2.23. The van der Waals surface area contributed by atoms with Crippen LogP contribution in [0.4, 0.5) is 17.5 Å². The summed E-state index contributed by atoms with van der Waals surface area (Å²) in [5.41, 5.74) is 4.37. The summed E-state index contributed by atoms with van der Waals surface area (Å²) in [6.45, 7) is 11.2. The van der Waals surface area contributed by atoms with Crippen molar-refractivity contribution >= 4 is 48.1 Å². The van der Waals surface area contributed by atoms with E-state index in [1.54, 1.807) is 33.7 Å². The van der Waals surface area contributed by atoms with E-state index in [-0.39, 0.29) is 0 Å². The molecule has 272 valence electrons. The molecule has 0 unspecified atom stereocenters. The fourth-order valence-electron chi connectivity index (χ4n) is 4.16. The first-order chi connectivity index (χ1) is 24.5. The fraction of sp³-hybridized carbons (Fsp3) is 0.475. The zero-order valence-electron chi connectivity index (χ0n) is 31.2. The summed E-state index contributed by atoms with van der Waals surface area (Å²) in [6, 6.07) is 5.73. The normalized spacial score (nSPS) is 14.0. The van der Waals surface area contributed by atoms with Crippen molar-refractivity contribution in [1.29, 1.82) is 0 Å². The van der Waals surface area contributed by atoms with Crippen LogP contribution in [0.5, 0.6) is 17.2 Å². The lowest BCUT2D eigenvalue weighted by molar-refractivity contribution is 0.414. The molecular formula is C40H53IN6O3Si. The van der Waals surface area contributed by atoms with E-state index in [4.69, 9.17) is 27.1 Å². The van der Waals surface area contributed by atoms with Gasteiger partial charge in [-0.15, -0.1) is 24.3 Å². The molecule has 0 bridgehead atoms. The van der Waals surface area contributed by atoms with Crippen molar-refractivity contribution in [2.24, 2.45) is 17.8 Å². The van der Waals surface area contributed by atoms with Gasteiger partial charge in [0, 0.05) is 65.1 Å². The van der Waals surface area contributed by atoms with Gasteiger partial charge < -0.3 is 30.2 Å². The SMILES string of the molecule is C#C[Si](C)(C)C.C#Cc1cnc(NCC2CC2)c(OC)c1.CC#Cc1cnc(NCC2CC2)c(OC)c1.COc1cc(I)cnc1NCC1CC1. The molecule has 3 aromatic rings. The second-order valence-corrected chi connectivity index (χ2v) is 19.7. The number of anilines is 3. The summed E-state index contributed by atoms with van der Waals surface area (Å²) >= 11 is 2.23. The summed E-state index contributed by atoms with van der Waals surface area (Å²) in [5, 5.41) is 9.90. The Labute approximate surface area is 320 Å². The minimum atomic E-state index is -1.10. The minimum absolute atomic E-state index is 0.714. The Balaban J connectivity index is 0.000000192. The van der Waals surface area contributed by atoms with Crippen LogP contribution in [0.1, 0.15) is 56.6 Å². The number of ether oxygens (including phenoxy) is 3. The van der Waals surface area contributed by atoms with Gasteiger partial charge in [0.1, 0.15) is 8.07 Å². The van der Waals surface area contributed by atoms with E-state index in [2.05, 4.69) is 96.4 Å². The Bertz CT molecular complexity index is 1690. The topological polar surface area (TPSA) is 102 Å². The standard InChI is InChI=1S/C13H16N2O.C12H14N2O.C10H13IN2O.C5H10Si/c1-3-4-11-7-12(16-2)13(15-9-11)14-8-10-5-6-10;1-3-9-6-11(15-2)12(13-7-9)14-8-10-4-5-10;1-14-9-4-8(11)6-13-10(9)12-5-7-2-3-7;1-5-6(2,3)4/h7,9-10H,5-6,8H2,1-2H3,(H,14,15);1,6-7,10H,4-5,8H2,2H3,(H,13,14);4,6-7H,2-3,5H2,1H3,(H,12,13);1H,2-4H3. The second-order valence-electron chi connectivity index (χ2n) is 13.6. The van der Waals surface area contributed by atoms with Crippen LogP contribution in [-0.4, -0.2) is 64.0 Å². The molecule has 0 saturated heterocycles. The summed E-state index contributed by atoms with van der Waals surface area (Å²) in [5.74, 6) is 15.6. The monoisotopic (exact) mass is 820 g/mol. The predicted octanol–water partition coefficient (Wildman–Crippen LogP) is 8.19. The number of aromatic nitrogens is 3. The zero-order chi connectivity index (χ0) is 37.2. The first-order valence-corrected chi connectivity index (χ1v) is 22.0. The summed E-state index contributed by atoms with van der Waals surface area (Å²) in [4.78, 5) is 12.9. The number of halogens is 1. The molecule has 3 N–H and O–H groups in total. The Morgan fingerprint density at radius 2 is 1.06 bits per heavy atom. The average Bonchev–Trinajstić information content (AvgIpc) is 3.98. The molecular weight excluding hydrogens is 767 g/mol. The second kappa shape index (κ2) is 21.3. The molecule has 11 heteroatoms. The molecule has 0 aliphatic heterocycles. The van der Waals surface area contributed by atoms with Crippen molar-refractivity contribution in [3.05, 3.63) is 51.5 Å². The summed E-state index contributed by atoms with van der Waals surface area (Å²) in [6.07, 6.45) is 23.7. The van der Waals surface area contributed by atoms with E-state index < -0.39 is 8.07 Å². The van der Waals surface area contributed by atoms with Gasteiger partial charge in [0.15, 0.2) is 34.7 Å².